The second-order valence-corrected chi connectivity index (χ2v) is 7.00. The molecule has 2 rings (SSSR count). The number of likely N-dealkylation sites (tertiary alicyclic amines) is 1. The van der Waals surface area contributed by atoms with Gasteiger partial charge < -0.3 is 4.74 Å². The molecule has 0 N–H and O–H groups in total. The Labute approximate surface area is 128 Å². The first-order valence-electron chi connectivity index (χ1n) is 7.90. The van der Waals surface area contributed by atoms with Gasteiger partial charge in [0.2, 0.25) is 0 Å². The van der Waals surface area contributed by atoms with Crippen LogP contribution in [0.2, 0.25) is 0 Å². The molecule has 0 saturated carbocycles. The number of esters is 1. The minimum atomic E-state index is -0.386. The fourth-order valence-corrected chi connectivity index (χ4v) is 2.85. The summed E-state index contributed by atoms with van der Waals surface area (Å²) < 4.78 is 5.38. The Bertz CT molecular complexity index is 442. The van der Waals surface area contributed by atoms with Crippen LogP contribution in [0.5, 0.6) is 0 Å². The van der Waals surface area contributed by atoms with Crippen molar-refractivity contribution in [2.24, 2.45) is 5.92 Å². The molecule has 0 bridgehead atoms. The van der Waals surface area contributed by atoms with Crippen LogP contribution in [0.15, 0.2) is 30.3 Å². The second-order valence-electron chi connectivity index (χ2n) is 7.00. The average Bonchev–Trinajstić information content (AvgIpc) is 2.40. The Balaban J connectivity index is 1.72. The lowest BCUT2D eigenvalue weighted by molar-refractivity contribution is -0.156. The van der Waals surface area contributed by atoms with E-state index in [4.69, 9.17) is 4.74 Å². The predicted molar refractivity (Wildman–Crippen MR) is 85.2 cm³/mol. The minimum Gasteiger partial charge on any atom is -0.459 e. The summed E-state index contributed by atoms with van der Waals surface area (Å²) in [5, 5.41) is 0. The molecule has 1 aliphatic rings. The third-order valence-corrected chi connectivity index (χ3v) is 3.85. The van der Waals surface area contributed by atoms with Crippen molar-refractivity contribution in [3.05, 3.63) is 35.9 Å². The van der Waals surface area contributed by atoms with Gasteiger partial charge in [-0.2, -0.15) is 0 Å². The number of piperidine rings is 1. The molecule has 3 heteroatoms. The third kappa shape index (κ3) is 5.88. The fraction of sp³-hybridized carbons (Fsp3) is 0.611. The van der Waals surface area contributed by atoms with Crippen molar-refractivity contribution in [1.82, 2.24) is 4.90 Å². The molecule has 116 valence electrons. The largest absolute Gasteiger partial charge is 0.459 e. The molecular weight excluding hydrogens is 262 g/mol. The molecule has 1 heterocycles. The molecule has 0 amide bonds. The summed E-state index contributed by atoms with van der Waals surface area (Å²) in [6.07, 6.45) is 3.48. The van der Waals surface area contributed by atoms with Crippen LogP contribution < -0.4 is 0 Å². The Morgan fingerprint density at radius 3 is 2.38 bits per heavy atom. The first-order valence-corrected chi connectivity index (χ1v) is 7.90. The van der Waals surface area contributed by atoms with Crippen LogP contribution >= 0.6 is 0 Å². The van der Waals surface area contributed by atoms with Gasteiger partial charge in [0.1, 0.15) is 5.60 Å². The fourth-order valence-electron chi connectivity index (χ4n) is 2.85. The van der Waals surface area contributed by atoms with Crippen molar-refractivity contribution in [2.45, 2.75) is 45.6 Å². The van der Waals surface area contributed by atoms with E-state index >= 15 is 0 Å². The van der Waals surface area contributed by atoms with Gasteiger partial charge in [-0.05, 0) is 64.6 Å². The zero-order valence-corrected chi connectivity index (χ0v) is 13.5. The number of carbonyl (C=O) groups excluding carboxylic acids is 1. The van der Waals surface area contributed by atoms with Crippen LogP contribution in [-0.4, -0.2) is 36.1 Å². The lowest BCUT2D eigenvalue weighted by Crippen LogP contribution is -2.40. The average molecular weight is 289 g/mol. The number of rotatable bonds is 4. The number of nitrogens with zero attached hydrogens (tertiary/aromatic N) is 1. The van der Waals surface area contributed by atoms with Gasteiger partial charge in [-0.3, -0.25) is 9.69 Å². The topological polar surface area (TPSA) is 29.5 Å². The van der Waals surface area contributed by atoms with Gasteiger partial charge in [0.05, 0.1) is 6.54 Å². The molecule has 0 radical (unpaired) electrons. The minimum absolute atomic E-state index is 0.107. The van der Waals surface area contributed by atoms with E-state index in [1.807, 2.05) is 20.8 Å². The highest BCUT2D eigenvalue weighted by Gasteiger charge is 2.23. The summed E-state index contributed by atoms with van der Waals surface area (Å²) in [6.45, 7) is 8.16. The predicted octanol–water partition coefficient (Wildman–Crippen LogP) is 3.28. The van der Waals surface area contributed by atoms with Crippen molar-refractivity contribution in [1.29, 1.82) is 0 Å². The molecule has 0 atom stereocenters. The monoisotopic (exact) mass is 289 g/mol. The molecule has 1 fully saturated rings. The van der Waals surface area contributed by atoms with Gasteiger partial charge in [0.15, 0.2) is 0 Å². The van der Waals surface area contributed by atoms with E-state index in [9.17, 15) is 4.79 Å². The van der Waals surface area contributed by atoms with Crippen molar-refractivity contribution in [3.8, 4) is 0 Å². The number of benzene rings is 1. The van der Waals surface area contributed by atoms with Gasteiger partial charge in [-0.15, -0.1) is 0 Å². The van der Waals surface area contributed by atoms with Crippen LogP contribution in [0.25, 0.3) is 0 Å². The van der Waals surface area contributed by atoms with Gasteiger partial charge in [0, 0.05) is 0 Å². The Morgan fingerprint density at radius 1 is 1.19 bits per heavy atom. The van der Waals surface area contributed by atoms with Crippen molar-refractivity contribution in [2.75, 3.05) is 19.6 Å². The molecule has 3 nitrogen and oxygen atoms in total. The van der Waals surface area contributed by atoms with Gasteiger partial charge in [-0.1, -0.05) is 30.3 Å². The highest BCUT2D eigenvalue weighted by atomic mass is 16.6. The molecular formula is C18H27NO2. The van der Waals surface area contributed by atoms with Crippen LogP contribution in [0.3, 0.4) is 0 Å². The maximum atomic E-state index is 11.8. The van der Waals surface area contributed by atoms with Gasteiger partial charge in [0.25, 0.3) is 0 Å². The Hall–Kier alpha value is -1.35. The summed E-state index contributed by atoms with van der Waals surface area (Å²) in [6, 6.07) is 10.7. The van der Waals surface area contributed by atoms with Crippen molar-refractivity contribution >= 4 is 5.97 Å². The highest BCUT2D eigenvalue weighted by molar-refractivity contribution is 5.72. The van der Waals surface area contributed by atoms with E-state index in [0.29, 0.717) is 6.54 Å². The molecule has 0 aliphatic carbocycles. The van der Waals surface area contributed by atoms with E-state index in [1.54, 1.807) is 0 Å². The molecule has 0 spiro atoms. The van der Waals surface area contributed by atoms with Crippen LogP contribution in [0.4, 0.5) is 0 Å². The smallest absolute Gasteiger partial charge is 0.320 e. The number of ether oxygens (including phenoxy) is 1. The molecule has 0 unspecified atom stereocenters. The summed E-state index contributed by atoms with van der Waals surface area (Å²) in [5.41, 5.74) is 1.03. The first-order chi connectivity index (χ1) is 9.92. The van der Waals surface area contributed by atoms with E-state index in [1.165, 1.54) is 5.56 Å². The SMILES string of the molecule is CC(C)(C)OC(=O)CN1CCC(Cc2ccccc2)CC1. The van der Waals surface area contributed by atoms with E-state index in [0.717, 1.165) is 38.3 Å². The van der Waals surface area contributed by atoms with Crippen molar-refractivity contribution in [3.63, 3.8) is 0 Å². The number of hydrogen-bond acceptors (Lipinski definition) is 3. The highest BCUT2D eigenvalue weighted by Crippen LogP contribution is 2.21. The normalized spacial score (nSPS) is 17.7. The maximum Gasteiger partial charge on any atom is 0.320 e. The molecule has 1 saturated heterocycles. The van der Waals surface area contributed by atoms with E-state index in [2.05, 4.69) is 35.2 Å². The summed E-state index contributed by atoms with van der Waals surface area (Å²) in [7, 11) is 0. The summed E-state index contributed by atoms with van der Waals surface area (Å²) in [5.74, 6) is 0.631. The lowest BCUT2D eigenvalue weighted by Gasteiger charge is -2.32. The quantitative estimate of drug-likeness (QED) is 0.797. The molecule has 21 heavy (non-hydrogen) atoms. The molecule has 1 aromatic carbocycles. The van der Waals surface area contributed by atoms with Gasteiger partial charge in [-0.25, -0.2) is 0 Å². The Morgan fingerprint density at radius 2 is 1.81 bits per heavy atom. The van der Waals surface area contributed by atoms with E-state index < -0.39 is 0 Å². The van der Waals surface area contributed by atoms with Crippen molar-refractivity contribution < 1.29 is 9.53 Å². The van der Waals surface area contributed by atoms with Crippen LogP contribution in [-0.2, 0) is 16.0 Å². The number of hydrogen-bond donors (Lipinski definition) is 0. The first kappa shape index (κ1) is 16.0. The number of carbonyl (C=O) groups is 1. The zero-order chi connectivity index (χ0) is 15.3. The second kappa shape index (κ2) is 7.08. The summed E-state index contributed by atoms with van der Waals surface area (Å²) in [4.78, 5) is 14.1. The Kier molecular flexibility index (Phi) is 5.40. The molecule has 1 aromatic rings. The van der Waals surface area contributed by atoms with E-state index in [-0.39, 0.29) is 11.6 Å². The lowest BCUT2D eigenvalue weighted by atomic mass is 9.90. The van der Waals surface area contributed by atoms with Crippen LogP contribution in [0, 0.1) is 5.92 Å². The standard InChI is InChI=1S/C18H27NO2/c1-18(2,3)21-17(20)14-19-11-9-16(10-12-19)13-15-7-5-4-6-8-15/h4-8,16H,9-14H2,1-3H3. The maximum absolute atomic E-state index is 11.8. The zero-order valence-electron chi connectivity index (χ0n) is 13.5. The molecule has 0 aromatic heterocycles. The molecule has 1 aliphatic heterocycles. The van der Waals surface area contributed by atoms with Gasteiger partial charge >= 0.3 is 5.97 Å². The third-order valence-electron chi connectivity index (χ3n) is 3.85. The summed E-state index contributed by atoms with van der Waals surface area (Å²) >= 11 is 0. The van der Waals surface area contributed by atoms with Crippen LogP contribution in [0.1, 0.15) is 39.2 Å².